The highest BCUT2D eigenvalue weighted by Crippen LogP contribution is 2.31. The van der Waals surface area contributed by atoms with Gasteiger partial charge in [0.15, 0.2) is 0 Å². The molecule has 2 aliphatic rings. The van der Waals surface area contributed by atoms with Crippen LogP contribution in [-0.4, -0.2) is 59.5 Å². The molecule has 1 atom stereocenters. The van der Waals surface area contributed by atoms with Crippen LogP contribution in [0.2, 0.25) is 0 Å². The Morgan fingerprint density at radius 2 is 1.80 bits per heavy atom. The topological polar surface area (TPSA) is 52.6 Å². The van der Waals surface area contributed by atoms with Crippen molar-refractivity contribution >= 4 is 17.5 Å². The average molecular weight is 337 g/mol. The molecule has 0 saturated carbocycles. The number of rotatable bonds is 3. The molecular formula is C19H23N5O. The van der Waals surface area contributed by atoms with E-state index in [0.717, 1.165) is 44.2 Å². The predicted molar refractivity (Wildman–Crippen MR) is 97.8 cm³/mol. The van der Waals surface area contributed by atoms with Gasteiger partial charge in [-0.25, -0.2) is 9.97 Å². The first-order valence-corrected chi connectivity index (χ1v) is 8.86. The van der Waals surface area contributed by atoms with Gasteiger partial charge in [-0.2, -0.15) is 0 Å². The lowest BCUT2D eigenvalue weighted by Gasteiger charge is -2.35. The number of carbonyl (C=O) groups is 1. The van der Waals surface area contributed by atoms with Crippen LogP contribution in [0.4, 0.5) is 11.6 Å². The van der Waals surface area contributed by atoms with Crippen molar-refractivity contribution in [3.63, 3.8) is 0 Å². The van der Waals surface area contributed by atoms with E-state index in [2.05, 4.69) is 38.8 Å². The van der Waals surface area contributed by atoms with Crippen molar-refractivity contribution in [3.8, 4) is 0 Å². The van der Waals surface area contributed by atoms with Crippen LogP contribution in [0.25, 0.3) is 0 Å². The zero-order valence-corrected chi connectivity index (χ0v) is 14.5. The first kappa shape index (κ1) is 16.0. The number of piperazine rings is 1. The van der Waals surface area contributed by atoms with Gasteiger partial charge in [0.05, 0.1) is 6.54 Å². The van der Waals surface area contributed by atoms with Gasteiger partial charge in [-0.1, -0.05) is 18.2 Å². The fourth-order valence-corrected chi connectivity index (χ4v) is 3.77. The summed E-state index contributed by atoms with van der Waals surface area (Å²) in [6.45, 7) is 6.01. The molecule has 4 rings (SSSR count). The minimum atomic E-state index is 0.196. The number of benzene rings is 1. The van der Waals surface area contributed by atoms with Crippen LogP contribution in [0.1, 0.15) is 12.5 Å². The number of para-hydroxylation sites is 1. The van der Waals surface area contributed by atoms with Gasteiger partial charge in [0, 0.05) is 50.3 Å². The van der Waals surface area contributed by atoms with Crippen LogP contribution in [0, 0.1) is 0 Å². The number of fused-ring (bicyclic) bond motifs is 1. The molecule has 0 N–H and O–H groups in total. The first-order chi connectivity index (χ1) is 12.2. The van der Waals surface area contributed by atoms with E-state index in [1.165, 1.54) is 5.56 Å². The maximum absolute atomic E-state index is 12.9. The normalized spacial score (nSPS) is 20.6. The Labute approximate surface area is 148 Å². The summed E-state index contributed by atoms with van der Waals surface area (Å²) < 4.78 is 0. The average Bonchev–Trinajstić information content (AvgIpc) is 2.99. The van der Waals surface area contributed by atoms with Gasteiger partial charge in [0.25, 0.3) is 0 Å². The highest BCUT2D eigenvalue weighted by Gasteiger charge is 2.31. The van der Waals surface area contributed by atoms with Crippen molar-refractivity contribution < 1.29 is 4.79 Å². The van der Waals surface area contributed by atoms with Gasteiger partial charge >= 0.3 is 0 Å². The Morgan fingerprint density at radius 1 is 1.08 bits per heavy atom. The van der Waals surface area contributed by atoms with Crippen molar-refractivity contribution in [2.75, 3.05) is 42.5 Å². The number of anilines is 2. The van der Waals surface area contributed by atoms with Crippen LogP contribution in [0.5, 0.6) is 0 Å². The summed E-state index contributed by atoms with van der Waals surface area (Å²) in [5.41, 5.74) is 2.35. The lowest BCUT2D eigenvalue weighted by molar-refractivity contribution is -0.120. The maximum Gasteiger partial charge on any atom is 0.241 e. The minimum Gasteiger partial charge on any atom is -0.338 e. The SMILES string of the molecule is CC1Cc2ccccc2N1C(=O)CN1CCN(c2ncccn2)CC1. The summed E-state index contributed by atoms with van der Waals surface area (Å²) >= 11 is 0. The molecule has 1 amide bonds. The number of hydrogen-bond acceptors (Lipinski definition) is 5. The summed E-state index contributed by atoms with van der Waals surface area (Å²) in [4.78, 5) is 27.9. The Bertz CT molecular complexity index is 742. The third-order valence-electron chi connectivity index (χ3n) is 5.04. The van der Waals surface area contributed by atoms with Gasteiger partial charge < -0.3 is 9.80 Å². The number of hydrogen-bond donors (Lipinski definition) is 0. The van der Waals surface area contributed by atoms with E-state index >= 15 is 0 Å². The molecule has 6 nitrogen and oxygen atoms in total. The molecule has 2 aromatic rings. The molecular weight excluding hydrogens is 314 g/mol. The maximum atomic E-state index is 12.9. The third-order valence-corrected chi connectivity index (χ3v) is 5.04. The number of aromatic nitrogens is 2. The van der Waals surface area contributed by atoms with E-state index in [4.69, 9.17) is 0 Å². The quantitative estimate of drug-likeness (QED) is 0.851. The van der Waals surface area contributed by atoms with Crippen LogP contribution in [0.3, 0.4) is 0 Å². The summed E-state index contributed by atoms with van der Waals surface area (Å²) in [7, 11) is 0. The van der Waals surface area contributed by atoms with E-state index < -0.39 is 0 Å². The molecule has 1 unspecified atom stereocenters. The van der Waals surface area contributed by atoms with Crippen molar-refractivity contribution in [3.05, 3.63) is 48.3 Å². The summed E-state index contributed by atoms with van der Waals surface area (Å²) in [5.74, 6) is 0.970. The smallest absolute Gasteiger partial charge is 0.241 e. The van der Waals surface area contributed by atoms with Crippen molar-refractivity contribution in [2.24, 2.45) is 0 Å². The third kappa shape index (κ3) is 3.22. The number of carbonyl (C=O) groups excluding carboxylic acids is 1. The van der Waals surface area contributed by atoms with Gasteiger partial charge in [0.2, 0.25) is 11.9 Å². The van der Waals surface area contributed by atoms with E-state index in [1.54, 1.807) is 12.4 Å². The molecule has 0 aliphatic carbocycles. The molecule has 3 heterocycles. The fraction of sp³-hybridized carbons (Fsp3) is 0.421. The van der Waals surface area contributed by atoms with E-state index in [-0.39, 0.29) is 11.9 Å². The lowest BCUT2D eigenvalue weighted by Crippen LogP contribution is -2.51. The van der Waals surface area contributed by atoms with E-state index in [0.29, 0.717) is 6.54 Å². The summed E-state index contributed by atoms with van der Waals surface area (Å²) in [6, 6.07) is 10.3. The van der Waals surface area contributed by atoms with E-state index in [9.17, 15) is 4.79 Å². The van der Waals surface area contributed by atoms with Gasteiger partial charge in [0.1, 0.15) is 0 Å². The molecule has 0 bridgehead atoms. The molecule has 2 aliphatic heterocycles. The van der Waals surface area contributed by atoms with Crippen molar-refractivity contribution in [2.45, 2.75) is 19.4 Å². The molecule has 1 saturated heterocycles. The van der Waals surface area contributed by atoms with Gasteiger partial charge in [-0.05, 0) is 31.0 Å². The molecule has 0 radical (unpaired) electrons. The molecule has 0 spiro atoms. The second-order valence-electron chi connectivity index (χ2n) is 6.76. The molecule has 130 valence electrons. The Morgan fingerprint density at radius 3 is 2.56 bits per heavy atom. The van der Waals surface area contributed by atoms with Crippen LogP contribution < -0.4 is 9.80 Å². The molecule has 1 aromatic carbocycles. The Hall–Kier alpha value is -2.47. The fourth-order valence-electron chi connectivity index (χ4n) is 3.77. The summed E-state index contributed by atoms with van der Waals surface area (Å²) in [5, 5.41) is 0. The minimum absolute atomic E-state index is 0.196. The van der Waals surface area contributed by atoms with Gasteiger partial charge in [-0.15, -0.1) is 0 Å². The van der Waals surface area contributed by atoms with Gasteiger partial charge in [-0.3, -0.25) is 9.69 Å². The van der Waals surface area contributed by atoms with Crippen molar-refractivity contribution in [1.29, 1.82) is 0 Å². The Kier molecular flexibility index (Phi) is 4.36. The highest BCUT2D eigenvalue weighted by atomic mass is 16.2. The molecule has 25 heavy (non-hydrogen) atoms. The van der Waals surface area contributed by atoms with E-state index in [1.807, 2.05) is 23.1 Å². The number of nitrogens with zero attached hydrogens (tertiary/aromatic N) is 5. The zero-order valence-electron chi connectivity index (χ0n) is 14.5. The first-order valence-electron chi connectivity index (χ1n) is 8.86. The number of amides is 1. The second kappa shape index (κ2) is 6.80. The standard InChI is InChI=1S/C19H23N5O/c1-15-13-16-5-2-3-6-17(16)24(15)18(25)14-22-9-11-23(12-10-22)19-20-7-4-8-21-19/h2-8,15H,9-14H2,1H3. The monoisotopic (exact) mass is 337 g/mol. The lowest BCUT2D eigenvalue weighted by atomic mass is 10.1. The predicted octanol–water partition coefficient (Wildman–Crippen LogP) is 1.58. The highest BCUT2D eigenvalue weighted by molar-refractivity contribution is 5.97. The molecule has 6 heteroatoms. The van der Waals surface area contributed by atoms with Crippen molar-refractivity contribution in [1.82, 2.24) is 14.9 Å². The summed E-state index contributed by atoms with van der Waals surface area (Å²) in [6.07, 6.45) is 4.48. The Balaban J connectivity index is 1.37. The van der Waals surface area contributed by atoms with Crippen LogP contribution in [-0.2, 0) is 11.2 Å². The largest absolute Gasteiger partial charge is 0.338 e. The second-order valence-corrected chi connectivity index (χ2v) is 6.76. The molecule has 1 aromatic heterocycles. The zero-order chi connectivity index (χ0) is 17.2. The van der Waals surface area contributed by atoms with Crippen LogP contribution >= 0.6 is 0 Å². The molecule has 1 fully saturated rings. The van der Waals surface area contributed by atoms with Crippen LogP contribution in [0.15, 0.2) is 42.7 Å².